The van der Waals surface area contributed by atoms with E-state index < -0.39 is 0 Å². The number of aromatic nitrogens is 1. The smallest absolute Gasteiger partial charge is 0.191 e. The molecule has 0 spiro atoms. The van der Waals surface area contributed by atoms with E-state index >= 15 is 0 Å². The maximum absolute atomic E-state index is 14.0. The third-order valence-corrected chi connectivity index (χ3v) is 4.87. The van der Waals surface area contributed by atoms with Gasteiger partial charge in [0.1, 0.15) is 0 Å². The van der Waals surface area contributed by atoms with Crippen molar-refractivity contribution in [3.05, 3.63) is 24.1 Å². The normalized spacial score (nSPS) is 17.4. The zero-order valence-electron chi connectivity index (χ0n) is 17.8. The van der Waals surface area contributed by atoms with Crippen LogP contribution in [0.5, 0.6) is 0 Å². The average molecular weight is 506 g/mol. The third kappa shape index (κ3) is 7.35. The molecule has 0 saturated carbocycles. The van der Waals surface area contributed by atoms with Crippen molar-refractivity contribution in [2.24, 2.45) is 4.99 Å². The molecule has 1 aliphatic heterocycles. The van der Waals surface area contributed by atoms with Crippen LogP contribution in [0.2, 0.25) is 0 Å². The molecule has 160 valence electrons. The van der Waals surface area contributed by atoms with Gasteiger partial charge in [-0.2, -0.15) is 0 Å². The van der Waals surface area contributed by atoms with Gasteiger partial charge in [0.25, 0.3) is 0 Å². The van der Waals surface area contributed by atoms with Crippen molar-refractivity contribution in [1.82, 2.24) is 20.5 Å². The summed E-state index contributed by atoms with van der Waals surface area (Å²) in [5, 5.41) is 6.82. The number of rotatable bonds is 8. The highest BCUT2D eigenvalue weighted by atomic mass is 127. The third-order valence-electron chi connectivity index (χ3n) is 4.87. The van der Waals surface area contributed by atoms with Gasteiger partial charge in [-0.1, -0.05) is 0 Å². The SMILES string of the molecule is CCNC(=NCCN(C(C)C)C(C)C)NC1CCN(c2ncccc2F)C1.I. The number of halogens is 2. The van der Waals surface area contributed by atoms with Crippen LogP contribution in [0.1, 0.15) is 41.0 Å². The number of pyridine rings is 1. The molecule has 1 atom stereocenters. The molecule has 0 aromatic carbocycles. The van der Waals surface area contributed by atoms with Gasteiger partial charge < -0.3 is 15.5 Å². The minimum absolute atomic E-state index is 0. The summed E-state index contributed by atoms with van der Waals surface area (Å²) in [6.07, 6.45) is 2.57. The highest BCUT2D eigenvalue weighted by Gasteiger charge is 2.26. The monoisotopic (exact) mass is 506 g/mol. The summed E-state index contributed by atoms with van der Waals surface area (Å²) in [7, 11) is 0. The second-order valence-electron chi connectivity index (χ2n) is 7.57. The molecule has 0 aliphatic carbocycles. The Morgan fingerprint density at radius 2 is 2.07 bits per heavy atom. The fourth-order valence-corrected chi connectivity index (χ4v) is 3.58. The summed E-state index contributed by atoms with van der Waals surface area (Å²) in [6.45, 7) is 15.0. The molecule has 0 radical (unpaired) electrons. The van der Waals surface area contributed by atoms with Crippen LogP contribution in [-0.4, -0.2) is 66.7 Å². The van der Waals surface area contributed by atoms with Crippen molar-refractivity contribution in [2.45, 2.75) is 59.2 Å². The Hall–Kier alpha value is -1.16. The molecule has 1 aromatic rings. The van der Waals surface area contributed by atoms with E-state index in [0.29, 0.717) is 17.9 Å². The molecule has 2 heterocycles. The van der Waals surface area contributed by atoms with Crippen LogP contribution in [0.3, 0.4) is 0 Å². The molecule has 6 nitrogen and oxygen atoms in total. The molecular formula is C20H36FIN6. The van der Waals surface area contributed by atoms with Crippen molar-refractivity contribution in [1.29, 1.82) is 0 Å². The number of nitrogens with one attached hydrogen (secondary N) is 2. The average Bonchev–Trinajstić information content (AvgIpc) is 3.06. The minimum atomic E-state index is -0.263. The number of hydrogen-bond acceptors (Lipinski definition) is 4. The first-order valence-electron chi connectivity index (χ1n) is 10.1. The van der Waals surface area contributed by atoms with Gasteiger partial charge in [0.05, 0.1) is 6.54 Å². The lowest BCUT2D eigenvalue weighted by molar-refractivity contribution is 0.181. The predicted molar refractivity (Wildman–Crippen MR) is 126 cm³/mol. The largest absolute Gasteiger partial charge is 0.357 e. The lowest BCUT2D eigenvalue weighted by atomic mass is 10.2. The molecule has 0 amide bonds. The molecule has 2 rings (SSSR count). The zero-order valence-corrected chi connectivity index (χ0v) is 20.1. The molecule has 1 fully saturated rings. The van der Waals surface area contributed by atoms with E-state index in [1.807, 2.05) is 4.90 Å². The van der Waals surface area contributed by atoms with Gasteiger partial charge in [0.2, 0.25) is 0 Å². The number of guanidine groups is 1. The molecule has 8 heteroatoms. The van der Waals surface area contributed by atoms with Crippen LogP contribution in [0, 0.1) is 5.82 Å². The Labute approximate surface area is 186 Å². The van der Waals surface area contributed by atoms with Crippen molar-refractivity contribution >= 4 is 35.8 Å². The van der Waals surface area contributed by atoms with Gasteiger partial charge >= 0.3 is 0 Å². The number of hydrogen-bond donors (Lipinski definition) is 2. The molecule has 1 unspecified atom stereocenters. The first-order valence-corrected chi connectivity index (χ1v) is 10.1. The fourth-order valence-electron chi connectivity index (χ4n) is 3.58. The van der Waals surface area contributed by atoms with E-state index in [9.17, 15) is 4.39 Å². The maximum atomic E-state index is 14.0. The Morgan fingerprint density at radius 3 is 2.68 bits per heavy atom. The summed E-state index contributed by atoms with van der Waals surface area (Å²) in [6, 6.07) is 4.33. The first kappa shape index (κ1) is 24.9. The van der Waals surface area contributed by atoms with Gasteiger partial charge in [-0.3, -0.25) is 9.89 Å². The fraction of sp³-hybridized carbons (Fsp3) is 0.700. The topological polar surface area (TPSA) is 55.8 Å². The van der Waals surface area contributed by atoms with Gasteiger partial charge in [-0.05, 0) is 53.2 Å². The van der Waals surface area contributed by atoms with Crippen LogP contribution in [0.25, 0.3) is 0 Å². The summed E-state index contributed by atoms with van der Waals surface area (Å²) in [5.41, 5.74) is 0. The van der Waals surface area contributed by atoms with E-state index in [-0.39, 0.29) is 35.8 Å². The van der Waals surface area contributed by atoms with Crippen molar-refractivity contribution in [3.8, 4) is 0 Å². The van der Waals surface area contributed by atoms with E-state index in [1.165, 1.54) is 6.07 Å². The van der Waals surface area contributed by atoms with Crippen molar-refractivity contribution < 1.29 is 4.39 Å². The lowest BCUT2D eigenvalue weighted by Crippen LogP contribution is -2.45. The standard InChI is InChI=1S/C20H35FN6.HI/c1-6-22-20(24-11-13-27(15(2)3)16(4)5)25-17-9-12-26(14-17)19-18(21)8-7-10-23-19;/h7-8,10,15-17H,6,9,11-14H2,1-5H3,(H2,22,24,25);1H. The van der Waals surface area contributed by atoms with Gasteiger partial charge in [0, 0.05) is 50.5 Å². The quantitative estimate of drug-likeness (QED) is 0.323. The minimum Gasteiger partial charge on any atom is -0.357 e. The lowest BCUT2D eigenvalue weighted by Gasteiger charge is -2.29. The first-order chi connectivity index (χ1) is 12.9. The highest BCUT2D eigenvalue weighted by molar-refractivity contribution is 14.0. The zero-order chi connectivity index (χ0) is 19.8. The van der Waals surface area contributed by atoms with E-state index in [1.54, 1.807) is 12.3 Å². The summed E-state index contributed by atoms with van der Waals surface area (Å²) < 4.78 is 14.0. The van der Waals surface area contributed by atoms with Crippen LogP contribution in [-0.2, 0) is 0 Å². The van der Waals surface area contributed by atoms with Gasteiger partial charge in [-0.25, -0.2) is 9.37 Å². The summed E-state index contributed by atoms with van der Waals surface area (Å²) in [5.74, 6) is 1.01. The number of nitrogens with zero attached hydrogens (tertiary/aromatic N) is 4. The maximum Gasteiger partial charge on any atom is 0.191 e. The number of aliphatic imine (C=N–C) groups is 1. The Morgan fingerprint density at radius 1 is 1.36 bits per heavy atom. The molecular weight excluding hydrogens is 470 g/mol. The second kappa shape index (κ2) is 12.4. The summed E-state index contributed by atoms with van der Waals surface area (Å²) in [4.78, 5) is 13.4. The second-order valence-corrected chi connectivity index (χ2v) is 7.57. The molecule has 1 aliphatic rings. The van der Waals surface area contributed by atoms with Crippen molar-refractivity contribution in [3.63, 3.8) is 0 Å². The van der Waals surface area contributed by atoms with Crippen molar-refractivity contribution in [2.75, 3.05) is 37.6 Å². The van der Waals surface area contributed by atoms with Gasteiger partial charge in [-0.15, -0.1) is 24.0 Å². The van der Waals surface area contributed by atoms with E-state index in [4.69, 9.17) is 4.99 Å². The van der Waals surface area contributed by atoms with E-state index in [2.05, 4.69) is 55.1 Å². The van der Waals surface area contributed by atoms with Crippen LogP contribution >= 0.6 is 24.0 Å². The van der Waals surface area contributed by atoms with E-state index in [0.717, 1.165) is 45.1 Å². The Balaban J connectivity index is 0.00000392. The summed E-state index contributed by atoms with van der Waals surface area (Å²) >= 11 is 0. The predicted octanol–water partition coefficient (Wildman–Crippen LogP) is 3.09. The highest BCUT2D eigenvalue weighted by Crippen LogP contribution is 2.20. The Kier molecular flexibility index (Phi) is 11.0. The Bertz CT molecular complexity index is 602. The molecule has 2 N–H and O–H groups in total. The molecule has 1 aromatic heterocycles. The number of anilines is 1. The van der Waals surface area contributed by atoms with Crippen LogP contribution in [0.15, 0.2) is 23.3 Å². The molecule has 0 bridgehead atoms. The molecule has 1 saturated heterocycles. The molecule has 28 heavy (non-hydrogen) atoms. The van der Waals surface area contributed by atoms with Crippen LogP contribution in [0.4, 0.5) is 10.2 Å². The van der Waals surface area contributed by atoms with Gasteiger partial charge in [0.15, 0.2) is 17.6 Å². The van der Waals surface area contributed by atoms with Crippen LogP contribution < -0.4 is 15.5 Å².